The largest absolute Gasteiger partial charge is 0.291 e. The molecule has 6 nitrogen and oxygen atoms in total. The Morgan fingerprint density at radius 2 is 0.930 bits per heavy atom. The van der Waals surface area contributed by atoms with Crippen molar-refractivity contribution in [3.63, 3.8) is 0 Å². The first-order valence-electron chi connectivity index (χ1n) is 12.8. The van der Waals surface area contributed by atoms with Crippen LogP contribution in [0.3, 0.4) is 0 Å². The van der Waals surface area contributed by atoms with Crippen molar-refractivity contribution in [2.45, 2.75) is 0 Å². The van der Waals surface area contributed by atoms with Crippen LogP contribution >= 0.6 is 18.9 Å². The monoisotopic (exact) mass is 635 g/mol. The molecule has 0 spiro atoms. The van der Waals surface area contributed by atoms with Gasteiger partial charge in [-0.25, -0.2) is 23.0 Å². The van der Waals surface area contributed by atoms with Crippen LogP contribution in [0.25, 0.3) is 5.03 Å². The van der Waals surface area contributed by atoms with Crippen LogP contribution in [0.5, 0.6) is 0 Å². The molecule has 0 saturated heterocycles. The molecule has 1 N–H and O–H groups in total. The van der Waals surface area contributed by atoms with Crippen molar-refractivity contribution < 1.29 is 38.1 Å². The number of rotatable bonds is 7. The highest BCUT2D eigenvalue weighted by atomic mass is 35.7. The number of benzene rings is 5. The van der Waals surface area contributed by atoms with E-state index in [-0.39, 0.29) is 11.7 Å². The summed E-state index contributed by atoms with van der Waals surface area (Å²) in [4.78, 5) is 13.7. The molecule has 0 fully saturated rings. The summed E-state index contributed by atoms with van der Waals surface area (Å²) in [5, 5.41) is 6.69. The van der Waals surface area contributed by atoms with Crippen LogP contribution in [0.2, 0.25) is 0 Å². The minimum Gasteiger partial charge on any atom is -0.291 e. The van der Waals surface area contributed by atoms with Gasteiger partial charge in [-0.2, -0.15) is 0 Å². The van der Waals surface area contributed by atoms with Crippen molar-refractivity contribution in [3.8, 4) is 0 Å². The van der Waals surface area contributed by atoms with E-state index in [1.165, 1.54) is 12.1 Å². The molecule has 43 heavy (non-hydrogen) atoms. The lowest BCUT2D eigenvalue weighted by molar-refractivity contribution is -2.00. The van der Waals surface area contributed by atoms with E-state index in [0.717, 1.165) is 15.9 Å². The van der Waals surface area contributed by atoms with Gasteiger partial charge in [-0.15, -0.1) is 10.2 Å². The van der Waals surface area contributed by atoms with Crippen LogP contribution < -0.4 is 39.9 Å². The van der Waals surface area contributed by atoms with Gasteiger partial charge in [0.2, 0.25) is 0 Å². The molecule has 0 heterocycles. The minimum absolute atomic E-state index is 0.270. The zero-order valence-electron chi connectivity index (χ0n) is 22.5. The van der Waals surface area contributed by atoms with Gasteiger partial charge in [-0.05, 0) is 66.2 Å². The van der Waals surface area contributed by atoms with Crippen molar-refractivity contribution in [2.75, 3.05) is 0 Å². The highest BCUT2D eigenvalue weighted by Crippen LogP contribution is 2.63. The van der Waals surface area contributed by atoms with E-state index < -0.39 is 17.5 Å². The number of carbonyl (C=O) groups excluding carboxylic acids is 1. The Hall–Kier alpha value is -3.91. The van der Waals surface area contributed by atoms with Crippen LogP contribution in [-0.4, -0.2) is 5.91 Å². The number of hydrogen-bond donors (Lipinski definition) is 1. The Labute approximate surface area is 256 Å². The molecule has 10 heteroatoms. The van der Waals surface area contributed by atoms with Crippen molar-refractivity contribution in [2.24, 2.45) is 0 Å². The fraction of sp³-hybridized carbons (Fsp3) is 0. The Morgan fingerprint density at radius 1 is 0.581 bits per heavy atom. The zero-order valence-corrected chi connectivity index (χ0v) is 24.9. The third kappa shape index (κ3) is 8.14. The van der Waals surface area contributed by atoms with Crippen molar-refractivity contribution in [3.05, 3.63) is 168 Å². The number of amides is 1. The van der Waals surface area contributed by atoms with Crippen LogP contribution in [-0.2, 0) is 0 Å². The van der Waals surface area contributed by atoms with Gasteiger partial charge in [0.05, 0.1) is 0 Å². The summed E-state index contributed by atoms with van der Waals surface area (Å²) >= 11 is 7.26. The van der Waals surface area contributed by atoms with Crippen LogP contribution in [0.15, 0.2) is 151 Å². The van der Waals surface area contributed by atoms with Gasteiger partial charge in [0.25, 0.3) is 5.91 Å². The van der Waals surface area contributed by atoms with Crippen molar-refractivity contribution in [1.82, 2.24) is 5.32 Å². The van der Waals surface area contributed by atoms with Gasteiger partial charge in [0.15, 0.2) is 12.7 Å². The molecule has 1 amide bonds. The molecular formula is C33H25Cl2FNO5P. The Kier molecular flexibility index (Phi) is 10.8. The average molecular weight is 636 g/mol. The molecule has 0 aliphatic carbocycles. The molecule has 5 aromatic carbocycles. The first kappa shape index (κ1) is 32.0. The van der Waals surface area contributed by atoms with E-state index >= 15 is 0 Å². The third-order valence-corrected chi connectivity index (χ3v) is 11.1. The number of carbonyl (C=O) groups is 1. The molecule has 0 atom stereocenters. The first-order chi connectivity index (χ1) is 20.6. The van der Waals surface area contributed by atoms with Gasteiger partial charge in [-0.1, -0.05) is 96.5 Å². The van der Waals surface area contributed by atoms with Crippen molar-refractivity contribution >= 4 is 45.7 Å². The molecule has 0 saturated carbocycles. The van der Waals surface area contributed by atoms with Gasteiger partial charge < -0.3 is 0 Å². The first-order valence-corrected chi connectivity index (χ1v) is 16.2. The molecular weight excluding hydrogens is 611 g/mol. The van der Waals surface area contributed by atoms with E-state index in [9.17, 15) is 9.18 Å². The highest BCUT2D eigenvalue weighted by molar-refractivity contribution is 7.99. The molecule has 0 aliphatic rings. The fourth-order valence-electron chi connectivity index (χ4n) is 4.58. The molecule has 0 radical (unpaired) electrons. The summed E-state index contributed by atoms with van der Waals surface area (Å²) in [6.07, 6.45) is 0. The average Bonchev–Trinajstić information content (AvgIpc) is 3.02. The summed E-state index contributed by atoms with van der Waals surface area (Å²) in [5.74, 6) is -0.628. The second kappa shape index (κ2) is 14.5. The second-order valence-electron chi connectivity index (χ2n) is 9.05. The second-order valence-corrected chi connectivity index (χ2v) is 13.5. The van der Waals surface area contributed by atoms with E-state index in [2.05, 4.69) is 41.7 Å². The molecule has 0 aliphatic heterocycles. The van der Waals surface area contributed by atoms with Crippen LogP contribution in [0, 0.1) is 16.1 Å². The van der Waals surface area contributed by atoms with E-state index in [0.29, 0.717) is 21.6 Å². The standard InChI is InChI=1S/C33H24ClFNOP.ClHO4/c34-31(25-21-23-27(35)24-22-25)33(36-32(37)26-13-5-1-6-14-26)38(28-15-7-2-8-16-28,29-17-9-3-10-18-29)30-19-11-4-12-20-30;2-1(3,4)5/h1-24H;(H,2,3,4,5). The summed E-state index contributed by atoms with van der Waals surface area (Å²) in [7, 11) is -7.69. The summed E-state index contributed by atoms with van der Waals surface area (Å²) in [6, 6.07) is 45.5. The molecule has 0 unspecified atom stereocenters. The van der Waals surface area contributed by atoms with E-state index in [4.69, 9.17) is 30.2 Å². The number of nitrogens with one attached hydrogen (secondary N) is 1. The molecule has 218 valence electrons. The predicted octanol–water partition coefficient (Wildman–Crippen LogP) is 2.36. The van der Waals surface area contributed by atoms with Gasteiger partial charge >= 0.3 is 0 Å². The minimum atomic E-state index is -4.94. The smallest absolute Gasteiger partial charge is 0.258 e. The molecule has 5 rings (SSSR count). The highest BCUT2D eigenvalue weighted by Gasteiger charge is 2.52. The normalized spacial score (nSPS) is 12.0. The molecule has 5 aromatic rings. The zero-order chi connectivity index (χ0) is 30.9. The van der Waals surface area contributed by atoms with E-state index in [1.807, 2.05) is 72.8 Å². The van der Waals surface area contributed by atoms with Crippen molar-refractivity contribution in [1.29, 1.82) is 0 Å². The fourth-order valence-corrected chi connectivity index (χ4v) is 9.35. The topological polar surface area (TPSA) is 121 Å². The number of hydrogen-bond acceptors (Lipinski definition) is 5. The quantitative estimate of drug-likeness (QED) is 0.275. The Balaban J connectivity index is 0.000000782. The maximum Gasteiger partial charge on any atom is 0.258 e. The third-order valence-electron chi connectivity index (χ3n) is 6.34. The SMILES string of the molecule is O=C(NC(=C(Cl)c1ccc(F)cc1)[P+](c1ccccc1)(c1ccccc1)c1ccccc1)c1ccccc1.[O-][Cl+3]([O-])([O-])[O-]. The molecule has 0 aromatic heterocycles. The molecule has 0 bridgehead atoms. The summed E-state index contributed by atoms with van der Waals surface area (Å²) in [5.41, 5.74) is 1.72. The lowest BCUT2D eigenvalue weighted by Crippen LogP contribution is -2.68. The van der Waals surface area contributed by atoms with E-state index in [1.54, 1.807) is 24.3 Å². The van der Waals surface area contributed by atoms with Gasteiger partial charge in [-0.3, -0.25) is 10.1 Å². The lowest BCUT2D eigenvalue weighted by Gasteiger charge is -2.30. The van der Waals surface area contributed by atoms with Crippen LogP contribution in [0.4, 0.5) is 4.39 Å². The predicted molar refractivity (Wildman–Crippen MR) is 158 cm³/mol. The number of halogens is 3. The lowest BCUT2D eigenvalue weighted by atomic mass is 10.2. The van der Waals surface area contributed by atoms with Gasteiger partial charge in [0, 0.05) is 5.56 Å². The summed E-state index contributed by atoms with van der Waals surface area (Å²) in [6.45, 7) is 0. The summed E-state index contributed by atoms with van der Waals surface area (Å²) < 4.78 is 47.9. The maximum atomic E-state index is 13.9. The van der Waals surface area contributed by atoms with Crippen LogP contribution in [0.1, 0.15) is 15.9 Å². The van der Waals surface area contributed by atoms with Gasteiger partial charge in [0.1, 0.15) is 26.8 Å². The maximum absolute atomic E-state index is 13.9. The Bertz CT molecular complexity index is 1550. The Morgan fingerprint density at radius 3 is 1.30 bits per heavy atom.